The fraction of sp³-hybridized carbons (Fsp3) is 0.350. The Morgan fingerprint density at radius 1 is 1.04 bits per heavy atom. The van der Waals surface area contributed by atoms with E-state index in [2.05, 4.69) is 11.0 Å². The van der Waals surface area contributed by atoms with Gasteiger partial charge in [0.1, 0.15) is 0 Å². The SMILES string of the molecule is CN(Cc1ccccc1)C(=O)c1cccc(CN2CCOCC2)c1. The van der Waals surface area contributed by atoms with E-state index >= 15 is 0 Å². The van der Waals surface area contributed by atoms with Gasteiger partial charge >= 0.3 is 0 Å². The molecule has 1 aliphatic rings. The number of ether oxygens (including phenoxy) is 1. The van der Waals surface area contributed by atoms with Gasteiger partial charge in [-0.2, -0.15) is 0 Å². The van der Waals surface area contributed by atoms with Crippen LogP contribution in [0.4, 0.5) is 0 Å². The summed E-state index contributed by atoms with van der Waals surface area (Å²) in [5.41, 5.74) is 3.06. The predicted octanol–water partition coefficient (Wildman–Crippen LogP) is 2.79. The fourth-order valence-corrected chi connectivity index (χ4v) is 2.97. The minimum absolute atomic E-state index is 0.0580. The third-order valence-electron chi connectivity index (χ3n) is 4.29. The molecule has 1 amide bonds. The van der Waals surface area contributed by atoms with Crippen molar-refractivity contribution < 1.29 is 9.53 Å². The van der Waals surface area contributed by atoms with Crippen LogP contribution >= 0.6 is 0 Å². The molecule has 0 saturated carbocycles. The Morgan fingerprint density at radius 3 is 2.50 bits per heavy atom. The van der Waals surface area contributed by atoms with Crippen LogP contribution in [0.2, 0.25) is 0 Å². The van der Waals surface area contributed by atoms with Gasteiger partial charge in [0.2, 0.25) is 0 Å². The summed E-state index contributed by atoms with van der Waals surface area (Å²) in [6.45, 7) is 4.97. The first kappa shape index (κ1) is 16.7. The van der Waals surface area contributed by atoms with Crippen LogP contribution in [0.1, 0.15) is 21.5 Å². The maximum absolute atomic E-state index is 12.7. The van der Waals surface area contributed by atoms with Gasteiger partial charge in [-0.3, -0.25) is 9.69 Å². The minimum atomic E-state index is 0.0580. The summed E-state index contributed by atoms with van der Waals surface area (Å²) in [6, 6.07) is 18.0. The molecule has 126 valence electrons. The smallest absolute Gasteiger partial charge is 0.253 e. The maximum Gasteiger partial charge on any atom is 0.253 e. The molecule has 3 rings (SSSR count). The highest BCUT2D eigenvalue weighted by atomic mass is 16.5. The fourth-order valence-electron chi connectivity index (χ4n) is 2.97. The third kappa shape index (κ3) is 4.43. The van der Waals surface area contributed by atoms with Crippen LogP contribution in [0.15, 0.2) is 54.6 Å². The number of morpholine rings is 1. The number of nitrogens with zero attached hydrogens (tertiary/aromatic N) is 2. The summed E-state index contributed by atoms with van der Waals surface area (Å²) in [6.07, 6.45) is 0. The molecule has 0 unspecified atom stereocenters. The second-order valence-corrected chi connectivity index (χ2v) is 6.24. The van der Waals surface area contributed by atoms with Gasteiger partial charge in [-0.25, -0.2) is 0 Å². The lowest BCUT2D eigenvalue weighted by Gasteiger charge is -2.26. The summed E-state index contributed by atoms with van der Waals surface area (Å²) < 4.78 is 5.38. The average Bonchev–Trinajstić information content (AvgIpc) is 2.63. The van der Waals surface area contributed by atoms with E-state index < -0.39 is 0 Å². The van der Waals surface area contributed by atoms with Gasteiger partial charge in [-0.1, -0.05) is 42.5 Å². The molecule has 4 nitrogen and oxygen atoms in total. The molecule has 1 aliphatic heterocycles. The highest BCUT2D eigenvalue weighted by Crippen LogP contribution is 2.13. The quantitative estimate of drug-likeness (QED) is 0.848. The van der Waals surface area contributed by atoms with E-state index in [0.717, 1.165) is 44.0 Å². The minimum Gasteiger partial charge on any atom is -0.379 e. The van der Waals surface area contributed by atoms with Gasteiger partial charge < -0.3 is 9.64 Å². The van der Waals surface area contributed by atoms with Crippen LogP contribution in [0, 0.1) is 0 Å². The van der Waals surface area contributed by atoms with Crippen molar-refractivity contribution in [2.75, 3.05) is 33.4 Å². The highest BCUT2D eigenvalue weighted by Gasteiger charge is 2.14. The molecule has 0 atom stereocenters. The van der Waals surface area contributed by atoms with Gasteiger partial charge in [0, 0.05) is 38.8 Å². The van der Waals surface area contributed by atoms with E-state index in [1.165, 1.54) is 5.56 Å². The van der Waals surface area contributed by atoms with E-state index in [4.69, 9.17) is 4.74 Å². The molecule has 0 aromatic heterocycles. The standard InChI is InChI=1S/C20H24N2O2/c1-21(15-17-6-3-2-4-7-17)20(23)19-9-5-8-18(14-19)16-22-10-12-24-13-11-22/h2-9,14H,10-13,15-16H2,1H3. The second kappa shape index (κ2) is 8.08. The topological polar surface area (TPSA) is 32.8 Å². The van der Waals surface area contributed by atoms with Crippen molar-refractivity contribution in [3.8, 4) is 0 Å². The Balaban J connectivity index is 1.64. The number of hydrogen-bond donors (Lipinski definition) is 0. The number of rotatable bonds is 5. The molecule has 1 saturated heterocycles. The van der Waals surface area contributed by atoms with Crippen molar-refractivity contribution in [1.82, 2.24) is 9.80 Å². The molecule has 0 radical (unpaired) electrons. The van der Waals surface area contributed by atoms with Crippen molar-refractivity contribution in [1.29, 1.82) is 0 Å². The lowest BCUT2D eigenvalue weighted by Crippen LogP contribution is -2.35. The van der Waals surface area contributed by atoms with Crippen molar-refractivity contribution in [2.24, 2.45) is 0 Å². The second-order valence-electron chi connectivity index (χ2n) is 6.24. The first-order valence-electron chi connectivity index (χ1n) is 8.41. The van der Waals surface area contributed by atoms with Crippen molar-refractivity contribution in [3.05, 3.63) is 71.3 Å². The molecule has 0 spiro atoms. The van der Waals surface area contributed by atoms with Crippen LogP contribution in [-0.2, 0) is 17.8 Å². The summed E-state index contributed by atoms with van der Waals surface area (Å²) in [5.74, 6) is 0.0580. The number of hydrogen-bond acceptors (Lipinski definition) is 3. The van der Waals surface area contributed by atoms with Crippen LogP contribution in [-0.4, -0.2) is 49.1 Å². The molecule has 0 N–H and O–H groups in total. The largest absolute Gasteiger partial charge is 0.379 e. The molecule has 1 heterocycles. The van der Waals surface area contributed by atoms with Crippen molar-refractivity contribution in [2.45, 2.75) is 13.1 Å². The lowest BCUT2D eigenvalue weighted by molar-refractivity contribution is 0.0341. The van der Waals surface area contributed by atoms with Gasteiger partial charge in [-0.05, 0) is 23.3 Å². The lowest BCUT2D eigenvalue weighted by atomic mass is 10.1. The van der Waals surface area contributed by atoms with Crippen LogP contribution in [0.5, 0.6) is 0 Å². The Hall–Kier alpha value is -2.17. The Labute approximate surface area is 143 Å². The molecular weight excluding hydrogens is 300 g/mol. The molecule has 24 heavy (non-hydrogen) atoms. The van der Waals surface area contributed by atoms with E-state index in [0.29, 0.717) is 6.54 Å². The van der Waals surface area contributed by atoms with E-state index in [-0.39, 0.29) is 5.91 Å². The molecule has 2 aromatic rings. The molecular formula is C20H24N2O2. The Bertz CT molecular complexity index is 666. The molecule has 2 aromatic carbocycles. The maximum atomic E-state index is 12.7. The van der Waals surface area contributed by atoms with Gasteiger partial charge in [0.25, 0.3) is 5.91 Å². The monoisotopic (exact) mass is 324 g/mol. The average molecular weight is 324 g/mol. The highest BCUT2D eigenvalue weighted by molar-refractivity contribution is 5.94. The van der Waals surface area contributed by atoms with E-state index in [9.17, 15) is 4.79 Å². The number of carbonyl (C=O) groups excluding carboxylic acids is 1. The number of benzene rings is 2. The predicted molar refractivity (Wildman–Crippen MR) is 94.8 cm³/mol. The molecule has 0 bridgehead atoms. The van der Waals surface area contributed by atoms with Crippen molar-refractivity contribution in [3.63, 3.8) is 0 Å². The summed E-state index contributed by atoms with van der Waals surface area (Å²) in [7, 11) is 1.85. The Kier molecular flexibility index (Phi) is 5.62. The van der Waals surface area contributed by atoms with Gasteiger partial charge in [-0.15, -0.1) is 0 Å². The zero-order valence-corrected chi connectivity index (χ0v) is 14.1. The van der Waals surface area contributed by atoms with Gasteiger partial charge in [0.05, 0.1) is 13.2 Å². The normalized spacial score (nSPS) is 15.2. The summed E-state index contributed by atoms with van der Waals surface area (Å²) >= 11 is 0. The van der Waals surface area contributed by atoms with Crippen LogP contribution in [0.25, 0.3) is 0 Å². The van der Waals surface area contributed by atoms with E-state index in [1.54, 1.807) is 4.90 Å². The van der Waals surface area contributed by atoms with Crippen molar-refractivity contribution >= 4 is 5.91 Å². The Morgan fingerprint density at radius 2 is 1.75 bits per heavy atom. The van der Waals surface area contributed by atoms with Gasteiger partial charge in [0.15, 0.2) is 0 Å². The third-order valence-corrected chi connectivity index (χ3v) is 4.29. The molecule has 1 fully saturated rings. The first-order valence-corrected chi connectivity index (χ1v) is 8.41. The van der Waals surface area contributed by atoms with Crippen LogP contribution < -0.4 is 0 Å². The number of amides is 1. The zero-order chi connectivity index (χ0) is 16.8. The number of carbonyl (C=O) groups is 1. The zero-order valence-electron chi connectivity index (χ0n) is 14.1. The van der Waals surface area contributed by atoms with Crippen LogP contribution in [0.3, 0.4) is 0 Å². The first-order chi connectivity index (χ1) is 11.7. The molecule has 4 heteroatoms. The van der Waals surface area contributed by atoms with E-state index in [1.807, 2.05) is 55.6 Å². The summed E-state index contributed by atoms with van der Waals surface area (Å²) in [4.78, 5) is 16.8. The summed E-state index contributed by atoms with van der Waals surface area (Å²) in [5, 5.41) is 0. The molecule has 0 aliphatic carbocycles.